The minimum atomic E-state index is 0.208. The van der Waals surface area contributed by atoms with Crippen LogP contribution in [0.25, 0.3) is 0 Å². The van der Waals surface area contributed by atoms with Gasteiger partial charge in [-0.15, -0.1) is 0 Å². The fraction of sp³-hybridized carbons (Fsp3) is 0.364. The van der Waals surface area contributed by atoms with E-state index >= 15 is 0 Å². The maximum atomic E-state index is 7.16. The fourth-order valence-corrected chi connectivity index (χ4v) is 1.35. The molecule has 0 heterocycles. The molecule has 0 spiro atoms. The number of nitrogens with one attached hydrogen (secondary N) is 1. The molecule has 0 amide bonds. The molecule has 0 radical (unpaired) electrons. The molecule has 3 nitrogen and oxygen atoms in total. The van der Waals surface area contributed by atoms with Gasteiger partial charge in [-0.05, 0) is 19.5 Å². The second-order valence-electron chi connectivity index (χ2n) is 3.68. The van der Waals surface area contributed by atoms with Gasteiger partial charge in [0.05, 0.1) is 6.54 Å². The molecule has 0 aliphatic rings. The van der Waals surface area contributed by atoms with E-state index in [1.54, 1.807) is 0 Å². The van der Waals surface area contributed by atoms with Crippen molar-refractivity contribution < 1.29 is 0 Å². The van der Waals surface area contributed by atoms with Crippen LogP contribution in [-0.2, 0) is 6.54 Å². The van der Waals surface area contributed by atoms with Gasteiger partial charge in [0.2, 0.25) is 0 Å². The Labute approximate surface area is 85.0 Å². The maximum absolute atomic E-state index is 7.16. The first-order valence-electron chi connectivity index (χ1n) is 4.65. The van der Waals surface area contributed by atoms with Gasteiger partial charge in [-0.2, -0.15) is 0 Å². The highest BCUT2D eigenvalue weighted by Gasteiger charge is 2.00. The van der Waals surface area contributed by atoms with Crippen LogP contribution in [0.4, 0.5) is 0 Å². The number of hydrogen-bond acceptors (Lipinski definition) is 2. The average Bonchev–Trinajstić information content (AvgIpc) is 2.07. The monoisotopic (exact) mass is 191 g/mol. The fourth-order valence-electron chi connectivity index (χ4n) is 1.35. The Morgan fingerprint density at radius 2 is 1.93 bits per heavy atom. The summed E-state index contributed by atoms with van der Waals surface area (Å²) >= 11 is 0. The molecule has 14 heavy (non-hydrogen) atoms. The summed E-state index contributed by atoms with van der Waals surface area (Å²) in [5.41, 5.74) is 7.83. The molecule has 0 aromatic heterocycles. The first-order chi connectivity index (χ1) is 6.58. The molecule has 0 bridgehead atoms. The Balaban J connectivity index is 2.51. The zero-order chi connectivity index (χ0) is 10.6. The SMILES string of the molecule is Cc1ccc(CN(C)CC(=N)N)cc1. The Hall–Kier alpha value is -1.35. The highest BCUT2D eigenvalue weighted by molar-refractivity contribution is 5.78. The van der Waals surface area contributed by atoms with E-state index < -0.39 is 0 Å². The lowest BCUT2D eigenvalue weighted by atomic mass is 10.1. The summed E-state index contributed by atoms with van der Waals surface area (Å²) in [6.45, 7) is 3.43. The van der Waals surface area contributed by atoms with Crippen LogP contribution in [0.15, 0.2) is 24.3 Å². The van der Waals surface area contributed by atoms with Gasteiger partial charge in [0.15, 0.2) is 0 Å². The largest absolute Gasteiger partial charge is 0.387 e. The smallest absolute Gasteiger partial charge is 0.105 e. The molecule has 0 aliphatic heterocycles. The van der Waals surface area contributed by atoms with Crippen molar-refractivity contribution in [3.05, 3.63) is 35.4 Å². The summed E-state index contributed by atoms with van der Waals surface area (Å²) in [6.07, 6.45) is 0. The Bertz CT molecular complexity index is 303. The number of rotatable bonds is 4. The van der Waals surface area contributed by atoms with Gasteiger partial charge in [0.1, 0.15) is 5.84 Å². The molecule has 0 fully saturated rings. The first kappa shape index (κ1) is 10.7. The molecule has 1 aromatic rings. The van der Waals surface area contributed by atoms with Crippen molar-refractivity contribution in [1.82, 2.24) is 4.90 Å². The summed E-state index contributed by atoms with van der Waals surface area (Å²) in [4.78, 5) is 2.02. The summed E-state index contributed by atoms with van der Waals surface area (Å²) in [6, 6.07) is 8.39. The Morgan fingerprint density at radius 1 is 1.36 bits per heavy atom. The number of likely N-dealkylation sites (N-methyl/N-ethyl adjacent to an activating group) is 1. The molecule has 1 rings (SSSR count). The van der Waals surface area contributed by atoms with Crippen molar-refractivity contribution in [3.8, 4) is 0 Å². The number of hydrogen-bond donors (Lipinski definition) is 2. The minimum Gasteiger partial charge on any atom is -0.387 e. The summed E-state index contributed by atoms with van der Waals surface area (Å²) < 4.78 is 0. The molecule has 0 saturated carbocycles. The van der Waals surface area contributed by atoms with E-state index in [0.29, 0.717) is 6.54 Å². The number of nitrogens with zero attached hydrogens (tertiary/aromatic N) is 1. The quantitative estimate of drug-likeness (QED) is 0.557. The van der Waals surface area contributed by atoms with Crippen LogP contribution >= 0.6 is 0 Å². The van der Waals surface area contributed by atoms with Crippen LogP contribution in [0.1, 0.15) is 11.1 Å². The summed E-state index contributed by atoms with van der Waals surface area (Å²) in [5.74, 6) is 0.208. The van der Waals surface area contributed by atoms with Crippen LogP contribution in [0.3, 0.4) is 0 Å². The van der Waals surface area contributed by atoms with Crippen molar-refractivity contribution in [2.24, 2.45) is 5.73 Å². The van der Waals surface area contributed by atoms with Crippen molar-refractivity contribution >= 4 is 5.84 Å². The predicted molar refractivity (Wildman–Crippen MR) is 59.4 cm³/mol. The Morgan fingerprint density at radius 3 is 2.43 bits per heavy atom. The highest BCUT2D eigenvalue weighted by Crippen LogP contribution is 2.05. The van der Waals surface area contributed by atoms with Crippen LogP contribution < -0.4 is 5.73 Å². The summed E-state index contributed by atoms with van der Waals surface area (Å²) in [7, 11) is 1.96. The molecular formula is C11H17N3. The number of aryl methyl sites for hydroxylation is 1. The van der Waals surface area contributed by atoms with Crippen LogP contribution in [0.2, 0.25) is 0 Å². The lowest BCUT2D eigenvalue weighted by Gasteiger charge is -2.15. The summed E-state index contributed by atoms with van der Waals surface area (Å²) in [5, 5.41) is 7.16. The van der Waals surface area contributed by atoms with Crippen molar-refractivity contribution in [2.45, 2.75) is 13.5 Å². The molecule has 0 atom stereocenters. The molecular weight excluding hydrogens is 174 g/mol. The van der Waals surface area contributed by atoms with E-state index in [2.05, 4.69) is 31.2 Å². The normalized spacial score (nSPS) is 10.5. The van der Waals surface area contributed by atoms with Gasteiger partial charge in [0, 0.05) is 6.54 Å². The first-order valence-corrected chi connectivity index (χ1v) is 4.65. The van der Waals surface area contributed by atoms with Crippen LogP contribution in [-0.4, -0.2) is 24.3 Å². The van der Waals surface area contributed by atoms with Gasteiger partial charge in [0.25, 0.3) is 0 Å². The van der Waals surface area contributed by atoms with Gasteiger partial charge >= 0.3 is 0 Å². The Kier molecular flexibility index (Phi) is 3.65. The van der Waals surface area contributed by atoms with E-state index in [1.165, 1.54) is 11.1 Å². The van der Waals surface area contributed by atoms with Gasteiger partial charge in [-0.1, -0.05) is 29.8 Å². The number of amidine groups is 1. The van der Waals surface area contributed by atoms with Gasteiger partial charge in [-0.3, -0.25) is 10.3 Å². The van der Waals surface area contributed by atoms with E-state index in [9.17, 15) is 0 Å². The molecule has 1 aromatic carbocycles. The molecule has 0 aliphatic carbocycles. The third-order valence-corrected chi connectivity index (χ3v) is 2.01. The van der Waals surface area contributed by atoms with E-state index in [1.807, 2.05) is 11.9 Å². The lowest BCUT2D eigenvalue weighted by molar-refractivity contribution is 0.372. The van der Waals surface area contributed by atoms with Crippen LogP contribution in [0, 0.1) is 12.3 Å². The van der Waals surface area contributed by atoms with Gasteiger partial charge < -0.3 is 5.73 Å². The standard InChI is InChI=1S/C11H17N3/c1-9-3-5-10(6-4-9)7-14(2)8-11(12)13/h3-6H,7-8H2,1-2H3,(H3,12,13). The second-order valence-corrected chi connectivity index (χ2v) is 3.68. The second kappa shape index (κ2) is 4.77. The zero-order valence-electron chi connectivity index (χ0n) is 8.75. The third-order valence-electron chi connectivity index (χ3n) is 2.01. The molecule has 0 unspecified atom stereocenters. The zero-order valence-corrected chi connectivity index (χ0v) is 8.75. The number of benzene rings is 1. The molecule has 3 N–H and O–H groups in total. The van der Waals surface area contributed by atoms with E-state index in [0.717, 1.165) is 6.54 Å². The van der Waals surface area contributed by atoms with Crippen LogP contribution in [0.5, 0.6) is 0 Å². The van der Waals surface area contributed by atoms with E-state index in [-0.39, 0.29) is 5.84 Å². The molecule has 76 valence electrons. The molecule has 3 heteroatoms. The molecule has 0 saturated heterocycles. The van der Waals surface area contributed by atoms with Crippen molar-refractivity contribution in [2.75, 3.05) is 13.6 Å². The minimum absolute atomic E-state index is 0.208. The van der Waals surface area contributed by atoms with Crippen molar-refractivity contribution in [1.29, 1.82) is 5.41 Å². The highest BCUT2D eigenvalue weighted by atomic mass is 15.1. The van der Waals surface area contributed by atoms with Crippen molar-refractivity contribution in [3.63, 3.8) is 0 Å². The number of nitrogens with two attached hydrogens (primary N) is 1. The van der Waals surface area contributed by atoms with Gasteiger partial charge in [-0.25, -0.2) is 0 Å². The van der Waals surface area contributed by atoms with E-state index in [4.69, 9.17) is 11.1 Å². The predicted octanol–water partition coefficient (Wildman–Crippen LogP) is 1.36. The average molecular weight is 191 g/mol. The maximum Gasteiger partial charge on any atom is 0.105 e. The lowest BCUT2D eigenvalue weighted by Crippen LogP contribution is -2.29. The topological polar surface area (TPSA) is 53.1 Å². The third kappa shape index (κ3) is 3.58.